The van der Waals surface area contributed by atoms with Gasteiger partial charge < -0.3 is 5.32 Å². The van der Waals surface area contributed by atoms with Gasteiger partial charge in [0.1, 0.15) is 6.33 Å². The van der Waals surface area contributed by atoms with Gasteiger partial charge in [0.15, 0.2) is 15.7 Å². The summed E-state index contributed by atoms with van der Waals surface area (Å²) in [4.78, 5) is 4.18. The van der Waals surface area contributed by atoms with Gasteiger partial charge in [0.25, 0.3) is 0 Å². The van der Waals surface area contributed by atoms with Crippen LogP contribution in [-0.4, -0.2) is 39.2 Å². The molecule has 0 saturated carbocycles. The van der Waals surface area contributed by atoms with E-state index in [-0.39, 0.29) is 11.3 Å². The van der Waals surface area contributed by atoms with Crippen LogP contribution in [0.5, 0.6) is 0 Å². The number of nitrogens with one attached hydrogen (secondary N) is 1. The lowest BCUT2D eigenvalue weighted by Gasteiger charge is -2.19. The van der Waals surface area contributed by atoms with Crippen molar-refractivity contribution in [1.82, 2.24) is 20.1 Å². The molecular weight excluding hydrogens is 276 g/mol. The molecule has 0 aliphatic rings. The second-order valence-corrected chi connectivity index (χ2v) is 9.82. The van der Waals surface area contributed by atoms with Crippen molar-refractivity contribution in [3.8, 4) is 0 Å². The molecule has 0 saturated heterocycles. The van der Waals surface area contributed by atoms with Crippen molar-refractivity contribution in [2.75, 3.05) is 5.75 Å². The van der Waals surface area contributed by atoms with Crippen LogP contribution in [-0.2, 0) is 22.9 Å². The first-order valence-corrected chi connectivity index (χ1v) is 8.42. The molecule has 1 heterocycles. The first-order valence-electron chi connectivity index (χ1n) is 6.76. The molecule has 1 rings (SSSR count). The molecule has 0 aliphatic carbocycles. The normalized spacial score (nSPS) is 13.7. The number of aromatic nitrogens is 3. The molecule has 7 heteroatoms. The number of hydrogen-bond donors (Lipinski definition) is 1. The Kier molecular flexibility index (Phi) is 4.97. The monoisotopic (exact) mass is 302 g/mol. The summed E-state index contributed by atoms with van der Waals surface area (Å²) in [5.41, 5.74) is 0.00103. The van der Waals surface area contributed by atoms with E-state index < -0.39 is 14.6 Å². The molecular formula is C13H26N4O2S. The van der Waals surface area contributed by atoms with Crippen molar-refractivity contribution in [2.45, 2.75) is 64.9 Å². The van der Waals surface area contributed by atoms with Crippen LogP contribution in [0, 0.1) is 0 Å². The maximum absolute atomic E-state index is 12.0. The van der Waals surface area contributed by atoms with Crippen LogP contribution in [0.3, 0.4) is 0 Å². The minimum atomic E-state index is -3.13. The SMILES string of the molecule is CC(C)(C)NCc1ncn(CCS(=O)(=O)C(C)(C)C)n1. The quantitative estimate of drug-likeness (QED) is 0.889. The van der Waals surface area contributed by atoms with Gasteiger partial charge >= 0.3 is 0 Å². The summed E-state index contributed by atoms with van der Waals surface area (Å²) in [5, 5.41) is 7.57. The summed E-state index contributed by atoms with van der Waals surface area (Å²) in [7, 11) is -3.13. The maximum Gasteiger partial charge on any atom is 0.164 e. The van der Waals surface area contributed by atoms with Gasteiger partial charge in [0.05, 0.1) is 23.6 Å². The molecule has 1 aromatic heterocycles. The third-order valence-electron chi connectivity index (χ3n) is 2.88. The largest absolute Gasteiger partial charge is 0.305 e. The summed E-state index contributed by atoms with van der Waals surface area (Å²) < 4.78 is 24.9. The lowest BCUT2D eigenvalue weighted by Crippen LogP contribution is -2.35. The van der Waals surface area contributed by atoms with E-state index >= 15 is 0 Å². The molecule has 0 amide bonds. The zero-order valence-corrected chi connectivity index (χ0v) is 14.1. The van der Waals surface area contributed by atoms with Gasteiger partial charge in [-0.2, -0.15) is 5.10 Å². The van der Waals surface area contributed by atoms with Crippen LogP contribution in [0.4, 0.5) is 0 Å². The molecule has 1 N–H and O–H groups in total. The van der Waals surface area contributed by atoms with E-state index in [0.29, 0.717) is 18.9 Å². The van der Waals surface area contributed by atoms with Gasteiger partial charge in [-0.1, -0.05) is 0 Å². The Morgan fingerprint density at radius 1 is 1.20 bits per heavy atom. The zero-order valence-electron chi connectivity index (χ0n) is 13.3. The lowest BCUT2D eigenvalue weighted by atomic mass is 10.1. The van der Waals surface area contributed by atoms with Crippen molar-refractivity contribution in [2.24, 2.45) is 0 Å². The van der Waals surface area contributed by atoms with Crippen molar-refractivity contribution < 1.29 is 8.42 Å². The summed E-state index contributed by atoms with van der Waals surface area (Å²) in [6.45, 7) is 12.2. The van der Waals surface area contributed by atoms with E-state index in [1.807, 2.05) is 0 Å². The molecule has 0 spiro atoms. The topological polar surface area (TPSA) is 76.9 Å². The highest BCUT2D eigenvalue weighted by molar-refractivity contribution is 7.92. The predicted molar refractivity (Wildman–Crippen MR) is 80.2 cm³/mol. The molecule has 0 aliphatic heterocycles. The summed E-state index contributed by atoms with van der Waals surface area (Å²) >= 11 is 0. The summed E-state index contributed by atoms with van der Waals surface area (Å²) in [6.07, 6.45) is 1.58. The average Bonchev–Trinajstić information content (AvgIpc) is 2.69. The Balaban J connectivity index is 2.58. The minimum Gasteiger partial charge on any atom is -0.305 e. The summed E-state index contributed by atoms with van der Waals surface area (Å²) in [6, 6.07) is 0. The lowest BCUT2D eigenvalue weighted by molar-refractivity contribution is 0.416. The van der Waals surface area contributed by atoms with Gasteiger partial charge in [-0.05, 0) is 41.5 Å². The zero-order chi connectivity index (χ0) is 15.6. The molecule has 0 unspecified atom stereocenters. The Bertz CT molecular complexity index is 535. The van der Waals surface area contributed by atoms with Gasteiger partial charge in [-0.15, -0.1) is 0 Å². The first-order chi connectivity index (χ1) is 8.91. The van der Waals surface area contributed by atoms with E-state index in [1.54, 1.807) is 31.8 Å². The summed E-state index contributed by atoms with van der Waals surface area (Å²) in [5.74, 6) is 0.750. The second-order valence-electron chi connectivity index (χ2n) is 6.96. The van der Waals surface area contributed by atoms with Crippen molar-refractivity contribution in [3.05, 3.63) is 12.2 Å². The van der Waals surface area contributed by atoms with Crippen LogP contribution in [0.1, 0.15) is 47.4 Å². The molecule has 116 valence electrons. The number of hydrogen-bond acceptors (Lipinski definition) is 5. The Hall–Kier alpha value is -0.950. The van der Waals surface area contributed by atoms with Crippen molar-refractivity contribution in [1.29, 1.82) is 0 Å². The number of rotatable bonds is 5. The second kappa shape index (κ2) is 5.81. The van der Waals surface area contributed by atoms with Crippen LogP contribution < -0.4 is 5.32 Å². The number of aryl methyl sites for hydroxylation is 1. The fraction of sp³-hybridized carbons (Fsp3) is 0.846. The highest BCUT2D eigenvalue weighted by Crippen LogP contribution is 2.16. The van der Waals surface area contributed by atoms with Crippen LogP contribution >= 0.6 is 0 Å². The van der Waals surface area contributed by atoms with Crippen LogP contribution in [0.2, 0.25) is 0 Å². The molecule has 1 aromatic rings. The van der Waals surface area contributed by atoms with E-state index in [9.17, 15) is 8.42 Å². The Morgan fingerprint density at radius 3 is 2.30 bits per heavy atom. The first kappa shape index (κ1) is 17.1. The molecule has 0 fully saturated rings. The highest BCUT2D eigenvalue weighted by atomic mass is 32.2. The third-order valence-corrected chi connectivity index (χ3v) is 5.47. The third kappa shape index (κ3) is 5.20. The van der Waals surface area contributed by atoms with Crippen LogP contribution in [0.15, 0.2) is 6.33 Å². The average molecular weight is 302 g/mol. The fourth-order valence-electron chi connectivity index (χ4n) is 1.39. The molecule has 6 nitrogen and oxygen atoms in total. The van der Waals surface area contributed by atoms with Gasteiger partial charge in [-0.3, -0.25) is 4.68 Å². The molecule has 0 bridgehead atoms. The maximum atomic E-state index is 12.0. The minimum absolute atomic E-state index is 0.00103. The van der Waals surface area contributed by atoms with Gasteiger partial charge in [-0.25, -0.2) is 13.4 Å². The Morgan fingerprint density at radius 2 is 1.80 bits per heavy atom. The van der Waals surface area contributed by atoms with Gasteiger partial charge in [0.2, 0.25) is 0 Å². The Labute approximate surface area is 121 Å². The van der Waals surface area contributed by atoms with E-state index in [4.69, 9.17) is 0 Å². The fourth-order valence-corrected chi connectivity index (χ4v) is 2.43. The highest BCUT2D eigenvalue weighted by Gasteiger charge is 2.28. The molecule has 20 heavy (non-hydrogen) atoms. The standard InChI is InChI=1S/C13H26N4O2S/c1-12(2,3)15-9-11-14-10-17(16-11)7-8-20(18,19)13(4,5)6/h10,15H,7-9H2,1-6H3. The number of nitrogens with zero attached hydrogens (tertiary/aromatic N) is 3. The van der Waals surface area contributed by atoms with E-state index in [2.05, 4.69) is 36.2 Å². The molecule has 0 radical (unpaired) electrons. The predicted octanol–water partition coefficient (Wildman–Crippen LogP) is 1.38. The van der Waals surface area contributed by atoms with E-state index in [0.717, 1.165) is 0 Å². The van der Waals surface area contributed by atoms with Crippen molar-refractivity contribution in [3.63, 3.8) is 0 Å². The van der Waals surface area contributed by atoms with Crippen molar-refractivity contribution >= 4 is 9.84 Å². The van der Waals surface area contributed by atoms with E-state index in [1.165, 1.54) is 0 Å². The molecule has 0 aromatic carbocycles. The van der Waals surface area contributed by atoms with Crippen LogP contribution in [0.25, 0.3) is 0 Å². The molecule has 0 atom stereocenters. The van der Waals surface area contributed by atoms with Gasteiger partial charge in [0, 0.05) is 5.54 Å². The smallest absolute Gasteiger partial charge is 0.164 e. The number of sulfone groups is 1.